The molecule has 11 heteroatoms. The van der Waals surface area contributed by atoms with Crippen molar-refractivity contribution in [3.05, 3.63) is 22.8 Å². The summed E-state index contributed by atoms with van der Waals surface area (Å²) in [7, 11) is 1.62. The fourth-order valence-corrected chi connectivity index (χ4v) is 3.06. The Kier molecular flexibility index (Phi) is 7.95. The first-order valence-electron chi connectivity index (χ1n) is 9.23. The lowest BCUT2D eigenvalue weighted by Gasteiger charge is -2.20. The number of nitrogens with one attached hydrogen (secondary N) is 2. The molecule has 0 aromatic carbocycles. The van der Waals surface area contributed by atoms with Crippen molar-refractivity contribution in [1.82, 2.24) is 20.5 Å². The molecule has 1 aromatic heterocycles. The van der Waals surface area contributed by atoms with Crippen molar-refractivity contribution in [2.45, 2.75) is 32.5 Å². The zero-order chi connectivity index (χ0) is 21.6. The first-order valence-corrected chi connectivity index (χ1v) is 9.61. The minimum absolute atomic E-state index is 0.0334. The molecule has 0 saturated carbocycles. The standard InChI is InChI=1S/C18H25ClF3N5O2/c1-11(2)16(28)27-6-4-13(10-27)26-17(23-3)24-5-7-29-15-14(19)8-12(9-25-15)18(20,21)22/h8-9,11,13H,4-7,10H2,1-3H3,(H2,23,24,26). The lowest BCUT2D eigenvalue weighted by Crippen LogP contribution is -2.46. The van der Waals surface area contributed by atoms with Crippen molar-refractivity contribution in [1.29, 1.82) is 0 Å². The number of likely N-dealkylation sites (tertiary alicyclic amines) is 1. The Morgan fingerprint density at radius 3 is 2.79 bits per heavy atom. The molecule has 29 heavy (non-hydrogen) atoms. The van der Waals surface area contributed by atoms with E-state index in [0.717, 1.165) is 12.5 Å². The molecule has 1 aliphatic rings. The summed E-state index contributed by atoms with van der Waals surface area (Å²) in [6.45, 7) is 5.52. The SMILES string of the molecule is CN=C(NCCOc1ncc(C(F)(F)F)cc1Cl)NC1CCN(C(=O)C(C)C)C1. The first kappa shape index (κ1) is 23.1. The van der Waals surface area contributed by atoms with Gasteiger partial charge in [-0.25, -0.2) is 4.98 Å². The van der Waals surface area contributed by atoms with Crippen LogP contribution in [0.25, 0.3) is 0 Å². The minimum atomic E-state index is -4.51. The summed E-state index contributed by atoms with van der Waals surface area (Å²) in [5, 5.41) is 6.09. The van der Waals surface area contributed by atoms with E-state index in [-0.39, 0.29) is 35.4 Å². The number of pyridine rings is 1. The largest absolute Gasteiger partial charge is 0.475 e. The molecule has 1 aliphatic heterocycles. The number of guanidine groups is 1. The number of alkyl halides is 3. The van der Waals surface area contributed by atoms with E-state index in [1.807, 2.05) is 18.7 Å². The maximum Gasteiger partial charge on any atom is 0.417 e. The van der Waals surface area contributed by atoms with E-state index in [0.29, 0.717) is 31.8 Å². The van der Waals surface area contributed by atoms with E-state index in [2.05, 4.69) is 20.6 Å². The van der Waals surface area contributed by atoms with Crippen molar-refractivity contribution < 1.29 is 22.7 Å². The number of amides is 1. The topological polar surface area (TPSA) is 78.9 Å². The number of hydrogen-bond donors (Lipinski definition) is 2. The Morgan fingerprint density at radius 2 is 2.21 bits per heavy atom. The monoisotopic (exact) mass is 435 g/mol. The van der Waals surface area contributed by atoms with Crippen LogP contribution in [0.2, 0.25) is 5.02 Å². The molecule has 2 N–H and O–H groups in total. The second-order valence-electron chi connectivity index (χ2n) is 6.93. The molecule has 0 aliphatic carbocycles. The zero-order valence-electron chi connectivity index (χ0n) is 16.5. The third-order valence-corrected chi connectivity index (χ3v) is 4.60. The maximum absolute atomic E-state index is 12.6. The van der Waals surface area contributed by atoms with Crippen LogP contribution in [0, 0.1) is 5.92 Å². The van der Waals surface area contributed by atoms with E-state index >= 15 is 0 Å². The Labute approximate surface area is 172 Å². The molecule has 7 nitrogen and oxygen atoms in total. The maximum atomic E-state index is 12.6. The number of nitrogens with zero attached hydrogens (tertiary/aromatic N) is 3. The molecular formula is C18H25ClF3N5O2. The molecule has 1 amide bonds. The van der Waals surface area contributed by atoms with Gasteiger partial charge in [0.15, 0.2) is 5.96 Å². The van der Waals surface area contributed by atoms with Gasteiger partial charge in [-0.05, 0) is 12.5 Å². The van der Waals surface area contributed by atoms with Crippen LogP contribution in [0.4, 0.5) is 13.2 Å². The first-order chi connectivity index (χ1) is 13.6. The summed E-state index contributed by atoms with van der Waals surface area (Å²) in [4.78, 5) is 21.6. The van der Waals surface area contributed by atoms with E-state index in [4.69, 9.17) is 16.3 Å². The normalized spacial score (nSPS) is 17.6. The number of aliphatic imine (C=N–C) groups is 1. The summed E-state index contributed by atoms with van der Waals surface area (Å²) < 4.78 is 43.2. The third kappa shape index (κ3) is 6.66. The zero-order valence-corrected chi connectivity index (χ0v) is 17.3. The molecule has 1 unspecified atom stereocenters. The van der Waals surface area contributed by atoms with Gasteiger partial charge in [-0.1, -0.05) is 25.4 Å². The Morgan fingerprint density at radius 1 is 1.48 bits per heavy atom. The Hall–Kier alpha value is -2.23. The number of ether oxygens (including phenoxy) is 1. The van der Waals surface area contributed by atoms with Crippen LogP contribution in [0.15, 0.2) is 17.3 Å². The van der Waals surface area contributed by atoms with Crippen molar-refractivity contribution in [3.63, 3.8) is 0 Å². The molecule has 1 atom stereocenters. The second-order valence-corrected chi connectivity index (χ2v) is 7.33. The van der Waals surface area contributed by atoms with Crippen LogP contribution in [-0.4, -0.2) is 61.1 Å². The lowest BCUT2D eigenvalue weighted by atomic mass is 10.2. The van der Waals surface area contributed by atoms with E-state index < -0.39 is 11.7 Å². The van der Waals surface area contributed by atoms with Crippen molar-refractivity contribution in [2.75, 3.05) is 33.3 Å². The number of carbonyl (C=O) groups is 1. The van der Waals surface area contributed by atoms with E-state index in [9.17, 15) is 18.0 Å². The molecule has 2 heterocycles. The highest BCUT2D eigenvalue weighted by Crippen LogP contribution is 2.32. The average Bonchev–Trinajstić information content (AvgIpc) is 3.12. The van der Waals surface area contributed by atoms with Gasteiger partial charge in [-0.2, -0.15) is 13.2 Å². The average molecular weight is 436 g/mol. The predicted molar refractivity (Wildman–Crippen MR) is 104 cm³/mol. The van der Waals surface area contributed by atoms with Crippen molar-refractivity contribution in [2.24, 2.45) is 10.9 Å². The lowest BCUT2D eigenvalue weighted by molar-refractivity contribution is -0.138. The smallest absolute Gasteiger partial charge is 0.417 e. The molecule has 0 radical (unpaired) electrons. The van der Waals surface area contributed by atoms with Gasteiger partial charge in [-0.15, -0.1) is 0 Å². The summed E-state index contributed by atoms with van der Waals surface area (Å²) in [5.74, 6) is 0.576. The van der Waals surface area contributed by atoms with Gasteiger partial charge in [0.1, 0.15) is 11.6 Å². The molecule has 0 bridgehead atoms. The van der Waals surface area contributed by atoms with Gasteiger partial charge < -0.3 is 20.3 Å². The van der Waals surface area contributed by atoms with E-state index in [1.54, 1.807) is 7.05 Å². The van der Waals surface area contributed by atoms with Gasteiger partial charge in [0, 0.05) is 38.3 Å². The van der Waals surface area contributed by atoms with Gasteiger partial charge >= 0.3 is 6.18 Å². The number of aromatic nitrogens is 1. The highest BCUT2D eigenvalue weighted by Gasteiger charge is 2.32. The fourth-order valence-electron chi connectivity index (χ4n) is 2.84. The number of carbonyl (C=O) groups excluding carboxylic acids is 1. The summed E-state index contributed by atoms with van der Waals surface area (Å²) in [5.41, 5.74) is -0.931. The minimum Gasteiger partial charge on any atom is -0.475 e. The quantitative estimate of drug-likeness (QED) is 0.408. The van der Waals surface area contributed by atoms with Crippen LogP contribution in [0.5, 0.6) is 5.88 Å². The van der Waals surface area contributed by atoms with E-state index in [1.165, 1.54) is 0 Å². The summed E-state index contributed by atoms with van der Waals surface area (Å²) >= 11 is 5.80. The van der Waals surface area contributed by atoms with Crippen LogP contribution >= 0.6 is 11.6 Å². The summed E-state index contributed by atoms with van der Waals surface area (Å²) in [6, 6.07) is 0.873. The highest BCUT2D eigenvalue weighted by atomic mass is 35.5. The molecule has 0 spiro atoms. The van der Waals surface area contributed by atoms with Crippen LogP contribution in [0.3, 0.4) is 0 Å². The molecule has 162 valence electrons. The summed E-state index contributed by atoms with van der Waals surface area (Å²) in [6.07, 6.45) is -3.01. The molecule has 1 fully saturated rings. The molecule has 1 saturated heterocycles. The Bertz CT molecular complexity index is 743. The number of halogens is 4. The van der Waals surface area contributed by atoms with Gasteiger partial charge in [-0.3, -0.25) is 9.79 Å². The van der Waals surface area contributed by atoms with Crippen molar-refractivity contribution >= 4 is 23.5 Å². The highest BCUT2D eigenvalue weighted by molar-refractivity contribution is 6.31. The van der Waals surface area contributed by atoms with Crippen LogP contribution < -0.4 is 15.4 Å². The van der Waals surface area contributed by atoms with Gasteiger partial charge in [0.05, 0.1) is 12.1 Å². The van der Waals surface area contributed by atoms with Crippen molar-refractivity contribution in [3.8, 4) is 5.88 Å². The number of rotatable bonds is 6. The van der Waals surface area contributed by atoms with Crippen LogP contribution in [-0.2, 0) is 11.0 Å². The fraction of sp³-hybridized carbons (Fsp3) is 0.611. The number of hydrogen-bond acceptors (Lipinski definition) is 4. The van der Waals surface area contributed by atoms with Crippen LogP contribution in [0.1, 0.15) is 25.8 Å². The van der Waals surface area contributed by atoms with Gasteiger partial charge in [0.2, 0.25) is 11.8 Å². The third-order valence-electron chi connectivity index (χ3n) is 4.33. The molecule has 1 aromatic rings. The molecule has 2 rings (SSSR count). The van der Waals surface area contributed by atoms with Gasteiger partial charge in [0.25, 0.3) is 0 Å². The molecular weight excluding hydrogens is 411 g/mol. The Balaban J connectivity index is 1.76. The second kappa shape index (κ2) is 10.00. The predicted octanol–water partition coefficient (Wildman–Crippen LogP) is 2.55.